The summed E-state index contributed by atoms with van der Waals surface area (Å²) in [7, 11) is 0. The summed E-state index contributed by atoms with van der Waals surface area (Å²) < 4.78 is 25.7. The van der Waals surface area contributed by atoms with E-state index in [0.29, 0.717) is 31.4 Å². The zero-order chi connectivity index (χ0) is 24.2. The van der Waals surface area contributed by atoms with E-state index in [1.54, 1.807) is 4.90 Å². The second-order valence-electron chi connectivity index (χ2n) is 11.5. The number of halogens is 1. The molecule has 1 aromatic heterocycles. The summed E-state index contributed by atoms with van der Waals surface area (Å²) in [5.74, 6) is 2.03. The van der Waals surface area contributed by atoms with Crippen molar-refractivity contribution in [3.05, 3.63) is 46.8 Å². The Morgan fingerprint density at radius 2 is 1.89 bits per heavy atom. The number of ether oxygens (including phenoxy) is 1. The summed E-state index contributed by atoms with van der Waals surface area (Å²) in [5, 5.41) is 4.04. The van der Waals surface area contributed by atoms with Crippen molar-refractivity contribution >= 4 is 5.91 Å². The summed E-state index contributed by atoms with van der Waals surface area (Å²) in [5.41, 5.74) is 1.93. The summed E-state index contributed by atoms with van der Waals surface area (Å²) in [6.07, 6.45) is 6.61. The SMILES string of the molecule is Cc1noc(C)c1COc1ccccc1C1CCN([C@H]2CCC3(C2)CN(C(=O)C2(F)CC2)C3)CC1. The first-order chi connectivity index (χ1) is 16.9. The van der Waals surface area contributed by atoms with Crippen molar-refractivity contribution in [2.75, 3.05) is 26.2 Å². The first kappa shape index (κ1) is 23.0. The highest BCUT2D eigenvalue weighted by Crippen LogP contribution is 2.51. The number of carbonyl (C=O) groups excluding carboxylic acids is 1. The molecule has 2 aliphatic carbocycles. The lowest BCUT2D eigenvalue weighted by molar-refractivity contribution is -0.150. The Kier molecular flexibility index (Phi) is 5.66. The Hall–Kier alpha value is -2.41. The highest BCUT2D eigenvalue weighted by molar-refractivity contribution is 5.88. The van der Waals surface area contributed by atoms with E-state index in [1.807, 2.05) is 19.9 Å². The third kappa shape index (κ3) is 4.26. The molecule has 4 aliphatic rings. The topological polar surface area (TPSA) is 58.8 Å². The van der Waals surface area contributed by atoms with Crippen LogP contribution in [0.4, 0.5) is 4.39 Å². The van der Waals surface area contributed by atoms with Gasteiger partial charge in [0.25, 0.3) is 5.91 Å². The molecular weight excluding hydrogens is 445 g/mol. The molecule has 2 saturated heterocycles. The van der Waals surface area contributed by atoms with Crippen LogP contribution >= 0.6 is 0 Å². The van der Waals surface area contributed by atoms with Gasteiger partial charge in [0.1, 0.15) is 18.1 Å². The van der Waals surface area contributed by atoms with Gasteiger partial charge in [-0.1, -0.05) is 23.4 Å². The van der Waals surface area contributed by atoms with Gasteiger partial charge in [0, 0.05) is 24.5 Å². The van der Waals surface area contributed by atoms with Gasteiger partial charge in [0.2, 0.25) is 0 Å². The third-order valence-electron chi connectivity index (χ3n) is 9.05. The van der Waals surface area contributed by atoms with Crippen LogP contribution in [0.2, 0.25) is 0 Å². The number of amides is 1. The zero-order valence-corrected chi connectivity index (χ0v) is 20.9. The van der Waals surface area contributed by atoms with Gasteiger partial charge in [-0.15, -0.1) is 0 Å². The van der Waals surface area contributed by atoms with Crippen molar-refractivity contribution in [3.63, 3.8) is 0 Å². The number of para-hydroxylation sites is 1. The molecule has 7 heteroatoms. The molecule has 1 atom stereocenters. The van der Waals surface area contributed by atoms with Crippen LogP contribution in [-0.4, -0.2) is 58.8 Å². The van der Waals surface area contributed by atoms with Crippen molar-refractivity contribution in [2.45, 2.75) is 83.0 Å². The molecule has 0 radical (unpaired) electrons. The molecule has 0 bridgehead atoms. The molecule has 188 valence electrons. The Labute approximate surface area is 206 Å². The largest absolute Gasteiger partial charge is 0.488 e. The Balaban J connectivity index is 1.02. The van der Waals surface area contributed by atoms with Crippen molar-refractivity contribution < 1.29 is 18.4 Å². The van der Waals surface area contributed by atoms with E-state index in [1.165, 1.54) is 18.4 Å². The number of hydrogen-bond acceptors (Lipinski definition) is 5. The first-order valence-electron chi connectivity index (χ1n) is 13.2. The molecule has 2 aliphatic heterocycles. The number of piperidine rings is 1. The van der Waals surface area contributed by atoms with Crippen LogP contribution < -0.4 is 4.74 Å². The molecule has 2 aromatic rings. The summed E-state index contributed by atoms with van der Waals surface area (Å²) in [4.78, 5) is 16.7. The Morgan fingerprint density at radius 3 is 2.57 bits per heavy atom. The minimum Gasteiger partial charge on any atom is -0.488 e. The molecule has 6 nitrogen and oxygen atoms in total. The fraction of sp³-hybridized carbons (Fsp3) is 0.643. The molecule has 0 N–H and O–H groups in total. The van der Waals surface area contributed by atoms with Crippen LogP contribution in [0.3, 0.4) is 0 Å². The molecule has 4 fully saturated rings. The molecule has 1 amide bonds. The number of aryl methyl sites for hydroxylation is 2. The van der Waals surface area contributed by atoms with Gasteiger partial charge in [-0.25, -0.2) is 4.39 Å². The normalized spacial score (nSPS) is 25.6. The molecule has 1 spiro atoms. The maximum Gasteiger partial charge on any atom is 0.260 e. The highest BCUT2D eigenvalue weighted by atomic mass is 19.1. The average molecular weight is 482 g/mol. The van der Waals surface area contributed by atoms with Gasteiger partial charge < -0.3 is 19.1 Å². The smallest absolute Gasteiger partial charge is 0.260 e. The van der Waals surface area contributed by atoms with Gasteiger partial charge in [0.15, 0.2) is 5.67 Å². The van der Waals surface area contributed by atoms with Crippen molar-refractivity contribution in [1.82, 2.24) is 15.0 Å². The zero-order valence-electron chi connectivity index (χ0n) is 20.9. The lowest BCUT2D eigenvalue weighted by Gasteiger charge is -2.49. The van der Waals surface area contributed by atoms with Gasteiger partial charge in [-0.3, -0.25) is 4.79 Å². The van der Waals surface area contributed by atoms with E-state index in [9.17, 15) is 9.18 Å². The van der Waals surface area contributed by atoms with E-state index in [2.05, 4.69) is 28.3 Å². The first-order valence-corrected chi connectivity index (χ1v) is 13.2. The fourth-order valence-corrected chi connectivity index (χ4v) is 6.67. The quantitative estimate of drug-likeness (QED) is 0.585. The molecule has 6 rings (SSSR count). The van der Waals surface area contributed by atoms with Gasteiger partial charge >= 0.3 is 0 Å². The number of nitrogens with zero attached hydrogens (tertiary/aromatic N) is 3. The average Bonchev–Trinajstić information content (AvgIpc) is 3.31. The maximum absolute atomic E-state index is 14.2. The number of hydrogen-bond donors (Lipinski definition) is 0. The van der Waals surface area contributed by atoms with Crippen molar-refractivity contribution in [2.24, 2.45) is 5.41 Å². The van der Waals surface area contributed by atoms with Crippen LogP contribution in [0.15, 0.2) is 28.8 Å². The molecule has 3 heterocycles. The van der Waals surface area contributed by atoms with E-state index in [4.69, 9.17) is 9.26 Å². The van der Waals surface area contributed by atoms with Gasteiger partial charge in [-0.2, -0.15) is 0 Å². The van der Waals surface area contributed by atoms with E-state index in [0.717, 1.165) is 68.2 Å². The molecule has 2 saturated carbocycles. The number of rotatable bonds is 6. The van der Waals surface area contributed by atoms with Crippen LogP contribution in [0.25, 0.3) is 0 Å². The Bertz CT molecular complexity index is 1080. The maximum atomic E-state index is 14.2. The second-order valence-corrected chi connectivity index (χ2v) is 11.5. The van der Waals surface area contributed by atoms with Crippen molar-refractivity contribution in [1.29, 1.82) is 0 Å². The van der Waals surface area contributed by atoms with E-state index >= 15 is 0 Å². The number of alkyl halides is 1. The number of likely N-dealkylation sites (tertiary alicyclic amines) is 2. The number of aromatic nitrogens is 1. The predicted octanol–water partition coefficient (Wildman–Crippen LogP) is 4.93. The minimum atomic E-state index is -1.52. The molecule has 35 heavy (non-hydrogen) atoms. The van der Waals surface area contributed by atoms with Crippen LogP contribution in [-0.2, 0) is 11.4 Å². The summed E-state index contributed by atoms with van der Waals surface area (Å²) >= 11 is 0. The van der Waals surface area contributed by atoms with Crippen LogP contribution in [0, 0.1) is 19.3 Å². The number of carbonyl (C=O) groups is 1. The second kappa shape index (κ2) is 8.61. The van der Waals surface area contributed by atoms with Crippen molar-refractivity contribution in [3.8, 4) is 5.75 Å². The standard InChI is InChI=1S/C28H36FN3O3/c1-19-24(20(2)35-30-19)16-34-25-6-4-3-5-23(25)21-8-13-31(14-9-21)22-7-10-27(15-22)17-32(18-27)26(33)28(29)11-12-28/h3-6,21-22H,7-18H2,1-2H3/t22-/m0/s1. The lowest BCUT2D eigenvalue weighted by Crippen LogP contribution is -2.60. The minimum absolute atomic E-state index is 0.237. The van der Waals surface area contributed by atoms with Gasteiger partial charge in [-0.05, 0) is 89.4 Å². The fourth-order valence-electron chi connectivity index (χ4n) is 6.67. The van der Waals surface area contributed by atoms with Gasteiger partial charge in [0.05, 0.1) is 11.3 Å². The summed E-state index contributed by atoms with van der Waals surface area (Å²) in [6.45, 7) is 8.08. The third-order valence-corrected chi connectivity index (χ3v) is 9.05. The summed E-state index contributed by atoms with van der Waals surface area (Å²) in [6, 6.07) is 9.04. The van der Waals surface area contributed by atoms with E-state index < -0.39 is 5.67 Å². The molecule has 0 unspecified atom stereocenters. The highest BCUT2D eigenvalue weighted by Gasteiger charge is 2.58. The van der Waals surface area contributed by atoms with Crippen LogP contribution in [0.1, 0.15) is 73.4 Å². The monoisotopic (exact) mass is 481 g/mol. The van der Waals surface area contributed by atoms with E-state index in [-0.39, 0.29) is 11.3 Å². The van der Waals surface area contributed by atoms with Crippen LogP contribution in [0.5, 0.6) is 5.75 Å². The molecule has 1 aromatic carbocycles. The molecular formula is C28H36FN3O3. The number of benzene rings is 1. The predicted molar refractivity (Wildman–Crippen MR) is 130 cm³/mol. The Morgan fingerprint density at radius 1 is 1.14 bits per heavy atom. The lowest BCUT2D eigenvalue weighted by atomic mass is 9.77.